The Morgan fingerprint density at radius 3 is 2.71 bits per heavy atom. The van der Waals surface area contributed by atoms with Gasteiger partial charge in [-0.25, -0.2) is 4.98 Å². The molecule has 2 N–H and O–H groups in total. The first-order valence-corrected chi connectivity index (χ1v) is 7.08. The minimum Gasteiger partial charge on any atom is -0.389 e. The van der Waals surface area contributed by atoms with Gasteiger partial charge in [0.1, 0.15) is 10.8 Å². The van der Waals surface area contributed by atoms with Gasteiger partial charge in [-0.15, -0.1) is 0 Å². The van der Waals surface area contributed by atoms with E-state index >= 15 is 0 Å². The molecule has 2 rings (SSSR count). The molecule has 0 aromatic carbocycles. The predicted molar refractivity (Wildman–Crippen MR) is 78.9 cm³/mol. The second-order valence-electron chi connectivity index (χ2n) is 4.40. The highest BCUT2D eigenvalue weighted by Crippen LogP contribution is 2.29. The number of pyridine rings is 1. The number of nitrogens with two attached hydrogens (primary N) is 1. The van der Waals surface area contributed by atoms with Crippen LogP contribution in [0.15, 0.2) is 18.3 Å². The van der Waals surface area contributed by atoms with Gasteiger partial charge in [0.15, 0.2) is 0 Å². The fraction of sp³-hybridized carbons (Fsp3) is 0.500. The van der Waals surface area contributed by atoms with E-state index in [1.54, 1.807) is 6.20 Å². The molecule has 92 valence electrons. The first-order valence-electron chi connectivity index (χ1n) is 5.73. The van der Waals surface area contributed by atoms with Gasteiger partial charge >= 0.3 is 0 Å². The standard InChI is InChI=1S/C12H17N3S2/c1-8-6-15(7-9(2)17-8)12-10(11(13)16)4-3-5-14-12/h3-5,8-9H,6-7H2,1-2H3,(H2,13,16). The lowest BCUT2D eigenvalue weighted by molar-refractivity contribution is 0.718. The topological polar surface area (TPSA) is 42.2 Å². The van der Waals surface area contributed by atoms with Crippen molar-refractivity contribution in [3.63, 3.8) is 0 Å². The molecule has 0 saturated carbocycles. The molecule has 2 unspecified atom stereocenters. The van der Waals surface area contributed by atoms with Gasteiger partial charge in [0.25, 0.3) is 0 Å². The SMILES string of the molecule is CC1CN(c2ncccc2C(N)=S)CC(C)S1. The molecule has 2 heterocycles. The molecule has 1 fully saturated rings. The first kappa shape index (κ1) is 12.6. The van der Waals surface area contributed by atoms with Crippen molar-refractivity contribution in [2.24, 2.45) is 5.73 Å². The van der Waals surface area contributed by atoms with Gasteiger partial charge in [0, 0.05) is 29.8 Å². The zero-order chi connectivity index (χ0) is 12.4. The fourth-order valence-electron chi connectivity index (χ4n) is 2.19. The molecule has 0 bridgehead atoms. The van der Waals surface area contributed by atoms with Gasteiger partial charge in [-0.05, 0) is 12.1 Å². The number of anilines is 1. The van der Waals surface area contributed by atoms with E-state index in [0.717, 1.165) is 24.5 Å². The minimum absolute atomic E-state index is 0.423. The molecular formula is C12H17N3S2. The average molecular weight is 267 g/mol. The highest BCUT2D eigenvalue weighted by Gasteiger charge is 2.25. The smallest absolute Gasteiger partial charge is 0.138 e. The molecule has 17 heavy (non-hydrogen) atoms. The summed E-state index contributed by atoms with van der Waals surface area (Å²) in [5, 5.41) is 1.22. The molecule has 1 saturated heterocycles. The zero-order valence-corrected chi connectivity index (χ0v) is 11.7. The number of aromatic nitrogens is 1. The Balaban J connectivity index is 2.30. The number of thiocarbonyl (C=S) groups is 1. The van der Waals surface area contributed by atoms with Crippen LogP contribution in [0.3, 0.4) is 0 Å². The van der Waals surface area contributed by atoms with Crippen LogP contribution in [0.2, 0.25) is 0 Å². The summed E-state index contributed by atoms with van der Waals surface area (Å²) in [6.45, 7) is 6.50. The lowest BCUT2D eigenvalue weighted by atomic mass is 10.2. The average Bonchev–Trinajstić information content (AvgIpc) is 2.27. The van der Waals surface area contributed by atoms with E-state index in [-0.39, 0.29) is 0 Å². The number of thioether (sulfide) groups is 1. The Morgan fingerprint density at radius 1 is 1.47 bits per heavy atom. The number of rotatable bonds is 2. The fourth-order valence-corrected chi connectivity index (χ4v) is 3.68. The van der Waals surface area contributed by atoms with Crippen LogP contribution in [0.25, 0.3) is 0 Å². The van der Waals surface area contributed by atoms with Gasteiger partial charge in [-0.2, -0.15) is 11.8 Å². The predicted octanol–water partition coefficient (Wildman–Crippen LogP) is 2.05. The Hall–Kier alpha value is -0.810. The quantitative estimate of drug-likeness (QED) is 0.831. The van der Waals surface area contributed by atoms with Gasteiger partial charge in [0.05, 0.1) is 5.56 Å². The summed E-state index contributed by atoms with van der Waals surface area (Å²) in [6, 6.07) is 3.82. The van der Waals surface area contributed by atoms with Crippen LogP contribution in [0.5, 0.6) is 0 Å². The number of hydrogen-bond acceptors (Lipinski definition) is 4. The summed E-state index contributed by atoms with van der Waals surface area (Å²) < 4.78 is 0. The van der Waals surface area contributed by atoms with E-state index in [1.807, 2.05) is 23.9 Å². The third kappa shape index (κ3) is 2.90. The molecule has 1 aliphatic heterocycles. The van der Waals surface area contributed by atoms with Crippen molar-refractivity contribution in [2.45, 2.75) is 24.3 Å². The molecule has 0 spiro atoms. The third-order valence-electron chi connectivity index (χ3n) is 2.77. The largest absolute Gasteiger partial charge is 0.389 e. The molecule has 1 aromatic heterocycles. The molecule has 0 radical (unpaired) electrons. The highest BCUT2D eigenvalue weighted by atomic mass is 32.2. The van der Waals surface area contributed by atoms with Crippen LogP contribution >= 0.6 is 24.0 Å². The summed E-state index contributed by atoms with van der Waals surface area (Å²) in [7, 11) is 0. The normalized spacial score (nSPS) is 24.7. The second-order valence-corrected chi connectivity index (χ2v) is 6.72. The molecule has 0 amide bonds. The molecule has 3 nitrogen and oxygen atoms in total. The number of nitrogens with zero attached hydrogens (tertiary/aromatic N) is 2. The van der Waals surface area contributed by atoms with E-state index in [9.17, 15) is 0 Å². The van der Waals surface area contributed by atoms with Crippen LogP contribution < -0.4 is 10.6 Å². The van der Waals surface area contributed by atoms with Crippen molar-refractivity contribution in [2.75, 3.05) is 18.0 Å². The zero-order valence-electron chi connectivity index (χ0n) is 10.1. The van der Waals surface area contributed by atoms with Crippen molar-refractivity contribution in [1.82, 2.24) is 4.98 Å². The Kier molecular flexibility index (Phi) is 3.89. The van der Waals surface area contributed by atoms with Crippen molar-refractivity contribution in [3.05, 3.63) is 23.9 Å². The maximum atomic E-state index is 5.75. The van der Waals surface area contributed by atoms with Crippen LogP contribution in [0.4, 0.5) is 5.82 Å². The summed E-state index contributed by atoms with van der Waals surface area (Å²) in [4.78, 5) is 7.16. The molecule has 2 atom stereocenters. The second kappa shape index (κ2) is 5.23. The van der Waals surface area contributed by atoms with Crippen LogP contribution in [0, 0.1) is 0 Å². The summed E-state index contributed by atoms with van der Waals surface area (Å²) >= 11 is 7.10. The van der Waals surface area contributed by atoms with E-state index < -0.39 is 0 Å². The maximum absolute atomic E-state index is 5.75. The summed E-state index contributed by atoms with van der Waals surface area (Å²) in [5.41, 5.74) is 6.63. The van der Waals surface area contributed by atoms with Crippen molar-refractivity contribution >= 4 is 34.8 Å². The van der Waals surface area contributed by atoms with Crippen molar-refractivity contribution in [3.8, 4) is 0 Å². The van der Waals surface area contributed by atoms with Crippen LogP contribution in [-0.4, -0.2) is 33.6 Å². The lowest BCUT2D eigenvalue weighted by Crippen LogP contribution is -2.41. The van der Waals surface area contributed by atoms with E-state index in [2.05, 4.69) is 23.7 Å². The van der Waals surface area contributed by atoms with Gasteiger partial charge < -0.3 is 10.6 Å². The highest BCUT2D eigenvalue weighted by molar-refractivity contribution is 8.00. The van der Waals surface area contributed by atoms with Crippen molar-refractivity contribution in [1.29, 1.82) is 0 Å². The lowest BCUT2D eigenvalue weighted by Gasteiger charge is -2.36. The molecule has 1 aliphatic rings. The Labute approximate surface area is 112 Å². The van der Waals surface area contributed by atoms with E-state index in [1.165, 1.54) is 0 Å². The molecular weight excluding hydrogens is 250 g/mol. The van der Waals surface area contributed by atoms with Gasteiger partial charge in [0.2, 0.25) is 0 Å². The minimum atomic E-state index is 0.423. The Morgan fingerprint density at radius 2 is 2.12 bits per heavy atom. The van der Waals surface area contributed by atoms with E-state index in [4.69, 9.17) is 18.0 Å². The van der Waals surface area contributed by atoms with E-state index in [0.29, 0.717) is 15.5 Å². The summed E-state index contributed by atoms with van der Waals surface area (Å²) in [6.07, 6.45) is 1.80. The monoisotopic (exact) mass is 267 g/mol. The van der Waals surface area contributed by atoms with Crippen LogP contribution in [-0.2, 0) is 0 Å². The van der Waals surface area contributed by atoms with Crippen LogP contribution in [0.1, 0.15) is 19.4 Å². The summed E-state index contributed by atoms with van der Waals surface area (Å²) in [5.74, 6) is 0.930. The van der Waals surface area contributed by atoms with Crippen molar-refractivity contribution < 1.29 is 0 Å². The number of hydrogen-bond donors (Lipinski definition) is 1. The Bertz CT molecular complexity index is 412. The van der Waals surface area contributed by atoms with Gasteiger partial charge in [-0.3, -0.25) is 0 Å². The first-order chi connectivity index (χ1) is 8.08. The molecule has 1 aromatic rings. The molecule has 5 heteroatoms. The molecule has 0 aliphatic carbocycles. The third-order valence-corrected chi connectivity index (χ3v) is 4.22. The maximum Gasteiger partial charge on any atom is 0.138 e. The van der Waals surface area contributed by atoms with Gasteiger partial charge in [-0.1, -0.05) is 26.1 Å².